The highest BCUT2D eigenvalue weighted by Crippen LogP contribution is 2.36. The Bertz CT molecular complexity index is 676. The van der Waals surface area contributed by atoms with Crippen molar-refractivity contribution in [1.29, 1.82) is 0 Å². The molecule has 262 valence electrons. The van der Waals surface area contributed by atoms with Crippen molar-refractivity contribution in [3.63, 3.8) is 0 Å². The molecule has 0 saturated carbocycles. The van der Waals surface area contributed by atoms with Crippen molar-refractivity contribution in [3.8, 4) is 0 Å². The molecule has 0 aromatic rings. The van der Waals surface area contributed by atoms with E-state index in [1.165, 1.54) is 161 Å². The van der Waals surface area contributed by atoms with Crippen LogP contribution in [0.25, 0.3) is 0 Å². The Morgan fingerprint density at radius 2 is 0.867 bits per heavy atom. The summed E-state index contributed by atoms with van der Waals surface area (Å²) in [5.74, 6) is 0.704. The molecular weight excluding hydrogens is 569 g/mol. The van der Waals surface area contributed by atoms with Gasteiger partial charge in [0.1, 0.15) is 0 Å². The lowest BCUT2D eigenvalue weighted by molar-refractivity contribution is -0.180. The summed E-state index contributed by atoms with van der Waals surface area (Å²) in [5, 5.41) is 0. The maximum Gasteiger partial charge on any atom is 0.168 e. The Morgan fingerprint density at radius 1 is 0.489 bits per heavy atom. The molecule has 0 bridgehead atoms. The van der Waals surface area contributed by atoms with Gasteiger partial charge in [0.25, 0.3) is 0 Å². The van der Waals surface area contributed by atoms with Crippen LogP contribution in [0.4, 0.5) is 0 Å². The number of allylic oxidation sites excluding steroid dienone is 8. The zero-order valence-electron chi connectivity index (χ0n) is 30.2. The van der Waals surface area contributed by atoms with Crippen molar-refractivity contribution < 1.29 is 9.47 Å². The molecule has 2 nitrogen and oxygen atoms in total. The molecule has 1 aliphatic heterocycles. The molecule has 0 amide bonds. The van der Waals surface area contributed by atoms with E-state index < -0.39 is 0 Å². The van der Waals surface area contributed by atoms with E-state index in [1.54, 1.807) is 0 Å². The summed E-state index contributed by atoms with van der Waals surface area (Å²) in [5.41, 5.74) is 0. The molecule has 0 radical (unpaired) electrons. The fourth-order valence-electron chi connectivity index (χ4n) is 6.12. The Morgan fingerprint density at radius 3 is 1.27 bits per heavy atom. The van der Waals surface area contributed by atoms with Crippen LogP contribution in [0.1, 0.15) is 194 Å². The van der Waals surface area contributed by atoms with E-state index in [9.17, 15) is 0 Å². The number of thiol groups is 1. The molecule has 0 spiro atoms. The molecule has 0 N–H and O–H groups in total. The van der Waals surface area contributed by atoms with Crippen LogP contribution in [0.5, 0.6) is 0 Å². The highest BCUT2D eigenvalue weighted by atomic mass is 32.1. The Hall–Kier alpha value is -0.770. The molecule has 3 heteroatoms. The minimum atomic E-state index is -0.310. The maximum absolute atomic E-state index is 6.64. The minimum absolute atomic E-state index is 0.306. The van der Waals surface area contributed by atoms with Crippen molar-refractivity contribution in [2.75, 3.05) is 12.4 Å². The molecule has 0 aromatic heterocycles. The third kappa shape index (κ3) is 26.9. The van der Waals surface area contributed by atoms with Crippen molar-refractivity contribution >= 4 is 12.6 Å². The normalized spacial score (nSPS) is 19.0. The average molecular weight is 645 g/mol. The summed E-state index contributed by atoms with van der Waals surface area (Å²) in [6, 6.07) is 0. The summed E-state index contributed by atoms with van der Waals surface area (Å²) in [7, 11) is 0. The Kier molecular flexibility index (Phi) is 31.1. The molecule has 2 atom stereocenters. The average Bonchev–Trinajstić information content (AvgIpc) is 3.46. The molecule has 0 aliphatic carbocycles. The topological polar surface area (TPSA) is 18.5 Å². The van der Waals surface area contributed by atoms with Crippen molar-refractivity contribution in [1.82, 2.24) is 0 Å². The first-order chi connectivity index (χ1) is 22.3. The van der Waals surface area contributed by atoms with Gasteiger partial charge in [0.15, 0.2) is 5.79 Å². The quantitative estimate of drug-likeness (QED) is 0.0435. The standard InChI is InChI=1S/C42H76O2S/c1-3-5-7-8-9-10-11-12-13-15-18-21-24-27-30-33-37-42(43-40-41(44-42)36-6-4-2)38-34-31-28-25-22-19-16-14-17-20-23-26-29-32-35-39-45/h9-10,18-19,21-23,26,41,45H,3-8,11-17,20,24-25,27-40H2,1-2H3/b10-9-,21-18-,22-19-,26-23-. The Labute approximate surface area is 287 Å². The lowest BCUT2D eigenvalue weighted by atomic mass is 9.99. The summed E-state index contributed by atoms with van der Waals surface area (Å²) >= 11 is 4.27. The molecule has 1 rings (SSSR count). The summed E-state index contributed by atoms with van der Waals surface area (Å²) in [6.45, 7) is 5.34. The van der Waals surface area contributed by atoms with Gasteiger partial charge in [0.2, 0.25) is 0 Å². The van der Waals surface area contributed by atoms with E-state index in [2.05, 4.69) is 75.1 Å². The second-order valence-corrected chi connectivity index (χ2v) is 13.9. The maximum atomic E-state index is 6.64. The third-order valence-corrected chi connectivity index (χ3v) is 9.37. The number of hydrogen-bond donors (Lipinski definition) is 1. The zero-order valence-corrected chi connectivity index (χ0v) is 31.1. The van der Waals surface area contributed by atoms with Gasteiger partial charge in [0, 0.05) is 12.8 Å². The van der Waals surface area contributed by atoms with Gasteiger partial charge in [-0.2, -0.15) is 12.6 Å². The number of rotatable bonds is 33. The van der Waals surface area contributed by atoms with E-state index in [-0.39, 0.29) is 5.79 Å². The number of unbranched alkanes of at least 4 members (excludes halogenated alkanes) is 18. The molecule has 45 heavy (non-hydrogen) atoms. The minimum Gasteiger partial charge on any atom is -0.347 e. The van der Waals surface area contributed by atoms with Crippen LogP contribution >= 0.6 is 12.6 Å². The van der Waals surface area contributed by atoms with Crippen LogP contribution in [0.3, 0.4) is 0 Å². The molecule has 0 aromatic carbocycles. The first-order valence-electron chi connectivity index (χ1n) is 19.8. The van der Waals surface area contributed by atoms with Crippen LogP contribution in [-0.2, 0) is 9.47 Å². The highest BCUT2D eigenvalue weighted by Gasteiger charge is 2.40. The predicted octanol–water partition coefficient (Wildman–Crippen LogP) is 14.2. The first-order valence-corrected chi connectivity index (χ1v) is 20.4. The largest absolute Gasteiger partial charge is 0.347 e. The van der Waals surface area contributed by atoms with Gasteiger partial charge in [-0.3, -0.25) is 0 Å². The summed E-state index contributed by atoms with van der Waals surface area (Å²) < 4.78 is 13.1. The number of ether oxygens (including phenoxy) is 2. The summed E-state index contributed by atoms with van der Waals surface area (Å²) in [4.78, 5) is 0. The Balaban J connectivity index is 2.14. The fraction of sp³-hybridized carbons (Fsp3) is 0.810. The first kappa shape index (κ1) is 42.3. The van der Waals surface area contributed by atoms with Crippen LogP contribution in [0.15, 0.2) is 48.6 Å². The third-order valence-electron chi connectivity index (χ3n) is 9.05. The van der Waals surface area contributed by atoms with E-state index in [1.807, 2.05) is 0 Å². The second-order valence-electron chi connectivity index (χ2n) is 13.5. The van der Waals surface area contributed by atoms with Crippen LogP contribution in [0, 0.1) is 0 Å². The monoisotopic (exact) mass is 645 g/mol. The van der Waals surface area contributed by atoms with E-state index in [0.717, 1.165) is 31.6 Å². The van der Waals surface area contributed by atoms with E-state index in [4.69, 9.17) is 9.47 Å². The van der Waals surface area contributed by atoms with Crippen molar-refractivity contribution in [2.45, 2.75) is 206 Å². The van der Waals surface area contributed by atoms with Crippen molar-refractivity contribution in [2.24, 2.45) is 0 Å². The van der Waals surface area contributed by atoms with Gasteiger partial charge in [-0.1, -0.05) is 101 Å². The lowest BCUT2D eigenvalue weighted by Gasteiger charge is -2.28. The molecule has 1 saturated heterocycles. The van der Waals surface area contributed by atoms with Gasteiger partial charge >= 0.3 is 0 Å². The van der Waals surface area contributed by atoms with Gasteiger partial charge in [0.05, 0.1) is 12.7 Å². The second kappa shape index (κ2) is 33.1. The van der Waals surface area contributed by atoms with Gasteiger partial charge in [-0.15, -0.1) is 0 Å². The SMILES string of the molecule is CCCCC/C=C\CCCC/C=C\CCCCCC1(CCCCC/C=C\CCCC/C=C\CCCCS)OCC(CCCC)O1. The molecular formula is C42H76O2S. The fourth-order valence-corrected chi connectivity index (χ4v) is 6.35. The smallest absolute Gasteiger partial charge is 0.168 e. The summed E-state index contributed by atoms with van der Waals surface area (Å²) in [6.07, 6.45) is 54.4. The molecule has 1 aliphatic rings. The van der Waals surface area contributed by atoms with Crippen LogP contribution in [-0.4, -0.2) is 24.3 Å². The van der Waals surface area contributed by atoms with Crippen LogP contribution in [0.2, 0.25) is 0 Å². The molecule has 1 heterocycles. The van der Waals surface area contributed by atoms with Crippen molar-refractivity contribution in [3.05, 3.63) is 48.6 Å². The lowest BCUT2D eigenvalue weighted by Crippen LogP contribution is -2.31. The highest BCUT2D eigenvalue weighted by molar-refractivity contribution is 7.80. The zero-order chi connectivity index (χ0) is 32.4. The van der Waals surface area contributed by atoms with Crippen LogP contribution < -0.4 is 0 Å². The van der Waals surface area contributed by atoms with E-state index >= 15 is 0 Å². The van der Waals surface area contributed by atoms with Gasteiger partial charge in [-0.25, -0.2) is 0 Å². The molecule has 1 fully saturated rings. The van der Waals surface area contributed by atoms with E-state index in [0.29, 0.717) is 6.10 Å². The van der Waals surface area contributed by atoms with Gasteiger partial charge < -0.3 is 9.47 Å². The molecule has 2 unspecified atom stereocenters. The van der Waals surface area contributed by atoms with Gasteiger partial charge in [-0.05, 0) is 134 Å². The predicted molar refractivity (Wildman–Crippen MR) is 205 cm³/mol. The number of hydrogen-bond acceptors (Lipinski definition) is 3.